The molecule has 0 aliphatic rings. The number of anilines is 1. The zero-order valence-corrected chi connectivity index (χ0v) is 19.5. The molecule has 9 heteroatoms. The van der Waals surface area contributed by atoms with Crippen LogP contribution in [0.5, 0.6) is 17.2 Å². The number of aryl methyl sites for hydroxylation is 1. The molecule has 0 saturated carbocycles. The first-order chi connectivity index (χ1) is 16.2. The lowest BCUT2D eigenvalue weighted by Crippen LogP contribution is -2.13. The van der Waals surface area contributed by atoms with E-state index in [9.17, 15) is 18.5 Å². The summed E-state index contributed by atoms with van der Waals surface area (Å²) in [7, 11) is -1.21. The van der Waals surface area contributed by atoms with E-state index in [1.807, 2.05) is 13.0 Å². The Labute approximate surface area is 198 Å². The molecule has 0 atom stereocenters. The lowest BCUT2D eigenvalue weighted by Gasteiger charge is -2.12. The first-order valence-electron chi connectivity index (χ1n) is 10.0. The van der Waals surface area contributed by atoms with Crippen molar-refractivity contribution >= 4 is 27.8 Å². The number of nitrogens with one attached hydrogen (secondary N) is 1. The Hall–Kier alpha value is -4.29. The van der Waals surface area contributed by atoms with E-state index in [1.54, 1.807) is 36.4 Å². The van der Waals surface area contributed by atoms with Gasteiger partial charge in [-0.3, -0.25) is 4.79 Å². The first kappa shape index (κ1) is 24.4. The maximum Gasteiger partial charge on any atom is 0.339 e. The van der Waals surface area contributed by atoms with E-state index in [-0.39, 0.29) is 22.0 Å². The van der Waals surface area contributed by atoms with Crippen LogP contribution >= 0.6 is 0 Å². The van der Waals surface area contributed by atoms with Crippen molar-refractivity contribution in [3.63, 3.8) is 0 Å². The summed E-state index contributed by atoms with van der Waals surface area (Å²) in [5.41, 5.74) is 1.66. The first-order valence-corrected chi connectivity index (χ1v) is 11.4. The number of methoxy groups -OCH3 is 2. The minimum Gasteiger partial charge on any atom is -0.497 e. The van der Waals surface area contributed by atoms with E-state index in [4.69, 9.17) is 13.7 Å². The predicted octanol–water partition coefficient (Wildman–Crippen LogP) is 4.33. The molecule has 0 aliphatic carbocycles. The highest BCUT2D eigenvalue weighted by Gasteiger charge is 2.19. The lowest BCUT2D eigenvalue weighted by atomic mass is 10.1. The summed E-state index contributed by atoms with van der Waals surface area (Å²) < 4.78 is 40.9. The lowest BCUT2D eigenvalue weighted by molar-refractivity contribution is -0.112. The van der Waals surface area contributed by atoms with Crippen molar-refractivity contribution in [2.45, 2.75) is 11.8 Å². The highest BCUT2D eigenvalue weighted by Crippen LogP contribution is 2.31. The summed E-state index contributed by atoms with van der Waals surface area (Å²) in [6, 6.07) is 19.2. The normalized spacial score (nSPS) is 11.3. The Kier molecular flexibility index (Phi) is 7.56. The molecule has 1 N–H and O–H groups in total. The minimum atomic E-state index is -4.08. The van der Waals surface area contributed by atoms with Crippen molar-refractivity contribution in [3.8, 4) is 23.3 Å². The van der Waals surface area contributed by atoms with Crippen molar-refractivity contribution < 1.29 is 26.9 Å². The summed E-state index contributed by atoms with van der Waals surface area (Å²) in [5.74, 6) is 0.0349. The van der Waals surface area contributed by atoms with Crippen LogP contribution in [0.2, 0.25) is 0 Å². The second-order valence-electron chi connectivity index (χ2n) is 7.12. The summed E-state index contributed by atoms with van der Waals surface area (Å²) in [6.45, 7) is 1.85. The minimum absolute atomic E-state index is 0.00473. The number of rotatable bonds is 8. The number of nitrogens with zero attached hydrogens (tertiary/aromatic N) is 1. The Morgan fingerprint density at radius 1 is 0.971 bits per heavy atom. The number of hydrogen-bond donors (Lipinski definition) is 1. The molecule has 0 bridgehead atoms. The molecule has 1 amide bonds. The molecule has 3 aromatic rings. The Morgan fingerprint density at radius 3 is 2.35 bits per heavy atom. The number of ether oxygens (including phenoxy) is 2. The molecular formula is C25H22N2O6S. The molecule has 0 heterocycles. The van der Waals surface area contributed by atoms with Gasteiger partial charge >= 0.3 is 10.1 Å². The number of amides is 1. The second-order valence-corrected chi connectivity index (χ2v) is 8.66. The number of hydrogen-bond acceptors (Lipinski definition) is 7. The van der Waals surface area contributed by atoms with Gasteiger partial charge in [0.15, 0.2) is 11.5 Å². The van der Waals surface area contributed by atoms with Crippen LogP contribution in [0, 0.1) is 18.3 Å². The molecular weight excluding hydrogens is 456 g/mol. The van der Waals surface area contributed by atoms with Crippen LogP contribution in [0.25, 0.3) is 6.08 Å². The standard InChI is InChI=1S/C25H22N2O6S/c1-17-7-10-22(11-8-17)34(29,30)33-23-12-9-18(14-24(23)32-3)13-19(16-26)25(28)27-20-5-4-6-21(15-20)31-2/h4-15H,1-3H3,(H,27,28)/b19-13+. The zero-order chi connectivity index (χ0) is 24.7. The third-order valence-electron chi connectivity index (χ3n) is 4.70. The molecule has 3 rings (SSSR count). The van der Waals surface area contributed by atoms with Gasteiger partial charge in [0.25, 0.3) is 5.91 Å². The van der Waals surface area contributed by atoms with Gasteiger partial charge < -0.3 is 19.0 Å². The number of carbonyl (C=O) groups is 1. The Balaban J connectivity index is 1.83. The zero-order valence-electron chi connectivity index (χ0n) is 18.7. The average Bonchev–Trinajstić information content (AvgIpc) is 2.83. The van der Waals surface area contributed by atoms with Gasteiger partial charge in [0.1, 0.15) is 22.3 Å². The van der Waals surface area contributed by atoms with Gasteiger partial charge in [0.2, 0.25) is 0 Å². The number of benzene rings is 3. The highest BCUT2D eigenvalue weighted by atomic mass is 32.2. The van der Waals surface area contributed by atoms with Gasteiger partial charge in [-0.2, -0.15) is 13.7 Å². The number of carbonyl (C=O) groups excluding carboxylic acids is 1. The molecule has 8 nitrogen and oxygen atoms in total. The van der Waals surface area contributed by atoms with E-state index in [1.165, 1.54) is 50.6 Å². The third-order valence-corrected chi connectivity index (χ3v) is 5.95. The van der Waals surface area contributed by atoms with Crippen LogP contribution in [-0.2, 0) is 14.9 Å². The van der Waals surface area contributed by atoms with Crippen molar-refractivity contribution in [2.24, 2.45) is 0 Å². The van der Waals surface area contributed by atoms with Gasteiger partial charge in [0, 0.05) is 11.8 Å². The quantitative estimate of drug-likeness (QED) is 0.291. The average molecular weight is 479 g/mol. The van der Waals surface area contributed by atoms with E-state index in [0.29, 0.717) is 17.0 Å². The SMILES string of the molecule is COc1cccc(NC(=O)/C(C#N)=C/c2ccc(OS(=O)(=O)c3ccc(C)cc3)c(OC)c2)c1. The Bertz CT molecular complexity index is 1370. The van der Waals surface area contributed by atoms with Crippen LogP contribution in [0.1, 0.15) is 11.1 Å². The van der Waals surface area contributed by atoms with Gasteiger partial charge in [-0.25, -0.2) is 0 Å². The van der Waals surface area contributed by atoms with E-state index >= 15 is 0 Å². The number of nitriles is 1. The van der Waals surface area contributed by atoms with Crippen LogP contribution < -0.4 is 19.0 Å². The van der Waals surface area contributed by atoms with E-state index in [2.05, 4.69) is 5.32 Å². The largest absolute Gasteiger partial charge is 0.497 e. The fourth-order valence-electron chi connectivity index (χ4n) is 2.93. The van der Waals surface area contributed by atoms with Crippen molar-refractivity contribution in [1.82, 2.24) is 0 Å². The monoisotopic (exact) mass is 478 g/mol. The maximum absolute atomic E-state index is 12.6. The molecule has 174 valence electrons. The van der Waals surface area contributed by atoms with Crippen LogP contribution in [0.3, 0.4) is 0 Å². The smallest absolute Gasteiger partial charge is 0.339 e. The topological polar surface area (TPSA) is 115 Å². The van der Waals surface area contributed by atoms with Crippen LogP contribution in [0.4, 0.5) is 5.69 Å². The van der Waals surface area contributed by atoms with E-state index in [0.717, 1.165) is 5.56 Å². The van der Waals surface area contributed by atoms with Crippen LogP contribution in [0.15, 0.2) is 77.2 Å². The molecule has 0 radical (unpaired) electrons. The van der Waals surface area contributed by atoms with Gasteiger partial charge in [-0.1, -0.05) is 29.8 Å². The van der Waals surface area contributed by atoms with Gasteiger partial charge in [-0.15, -0.1) is 0 Å². The van der Waals surface area contributed by atoms with Crippen molar-refractivity contribution in [3.05, 3.63) is 83.4 Å². The molecule has 0 spiro atoms. The third kappa shape index (κ3) is 5.94. The molecule has 0 aromatic heterocycles. The second kappa shape index (κ2) is 10.6. The molecule has 34 heavy (non-hydrogen) atoms. The van der Waals surface area contributed by atoms with Crippen molar-refractivity contribution in [1.29, 1.82) is 5.26 Å². The molecule has 3 aromatic carbocycles. The molecule has 0 aliphatic heterocycles. The van der Waals surface area contributed by atoms with Gasteiger partial charge in [-0.05, 0) is 55.0 Å². The molecule has 0 saturated heterocycles. The van der Waals surface area contributed by atoms with Gasteiger partial charge in [0.05, 0.1) is 14.2 Å². The van der Waals surface area contributed by atoms with E-state index < -0.39 is 16.0 Å². The van der Waals surface area contributed by atoms with Crippen molar-refractivity contribution in [2.75, 3.05) is 19.5 Å². The maximum atomic E-state index is 12.6. The summed E-state index contributed by atoms with van der Waals surface area (Å²) in [5, 5.41) is 12.1. The summed E-state index contributed by atoms with van der Waals surface area (Å²) in [6.07, 6.45) is 1.36. The molecule has 0 fully saturated rings. The Morgan fingerprint density at radius 2 is 1.71 bits per heavy atom. The summed E-state index contributed by atoms with van der Waals surface area (Å²) >= 11 is 0. The summed E-state index contributed by atoms with van der Waals surface area (Å²) in [4.78, 5) is 12.6. The predicted molar refractivity (Wildman–Crippen MR) is 127 cm³/mol. The van der Waals surface area contributed by atoms with Crippen LogP contribution in [-0.4, -0.2) is 28.5 Å². The fraction of sp³-hybridized carbons (Fsp3) is 0.120. The fourth-order valence-corrected chi connectivity index (χ4v) is 3.87. The molecule has 0 unspecified atom stereocenters. The highest BCUT2D eigenvalue weighted by molar-refractivity contribution is 7.87.